The molecule has 0 saturated carbocycles. The van der Waals surface area contributed by atoms with Crippen LogP contribution >= 0.6 is 15.9 Å². The van der Waals surface area contributed by atoms with E-state index < -0.39 is 0 Å². The molecule has 0 aliphatic carbocycles. The molecule has 0 fully saturated rings. The van der Waals surface area contributed by atoms with Crippen molar-refractivity contribution in [2.24, 2.45) is 0 Å². The maximum Gasteiger partial charge on any atom is 0.228 e. The van der Waals surface area contributed by atoms with E-state index >= 15 is 0 Å². The number of carbonyl (C=O) groups is 1. The van der Waals surface area contributed by atoms with Gasteiger partial charge in [-0.15, -0.1) is 0 Å². The molecule has 0 aliphatic rings. The summed E-state index contributed by atoms with van der Waals surface area (Å²) >= 11 is 3.53. The molecule has 0 bridgehead atoms. The van der Waals surface area contributed by atoms with Crippen LogP contribution in [0.3, 0.4) is 0 Å². The van der Waals surface area contributed by atoms with Gasteiger partial charge in [0.15, 0.2) is 0 Å². The summed E-state index contributed by atoms with van der Waals surface area (Å²) in [7, 11) is 0. The average Bonchev–Trinajstić information content (AvgIpc) is 2.35. The van der Waals surface area contributed by atoms with Crippen LogP contribution in [-0.2, 0) is 11.2 Å². The number of aryl methyl sites for hydroxylation is 3. The van der Waals surface area contributed by atoms with Crippen LogP contribution in [0.5, 0.6) is 0 Å². The molecule has 2 rings (SSSR count). The predicted octanol–water partition coefficient (Wildman–Crippen LogP) is 4.56. The van der Waals surface area contributed by atoms with Gasteiger partial charge in [0.1, 0.15) is 0 Å². The lowest BCUT2D eigenvalue weighted by Gasteiger charge is -2.10. The Hall–Kier alpha value is -1.61. The first-order valence-electron chi connectivity index (χ1n) is 6.58. The SMILES string of the molecule is Cc1cccc(CC(=O)Nc2cc(C)c(Br)c(C)c2)c1. The summed E-state index contributed by atoms with van der Waals surface area (Å²) in [6.07, 6.45) is 0.399. The number of anilines is 1. The van der Waals surface area contributed by atoms with Crippen molar-refractivity contribution in [3.8, 4) is 0 Å². The van der Waals surface area contributed by atoms with E-state index in [1.807, 2.05) is 57.2 Å². The number of rotatable bonds is 3. The van der Waals surface area contributed by atoms with Gasteiger partial charge in [-0.3, -0.25) is 4.79 Å². The van der Waals surface area contributed by atoms with E-state index in [-0.39, 0.29) is 5.91 Å². The number of amides is 1. The fraction of sp³-hybridized carbons (Fsp3) is 0.235. The number of halogens is 1. The third-order valence-corrected chi connectivity index (χ3v) is 4.42. The molecule has 0 atom stereocenters. The molecule has 0 radical (unpaired) electrons. The quantitative estimate of drug-likeness (QED) is 0.877. The minimum Gasteiger partial charge on any atom is -0.326 e. The van der Waals surface area contributed by atoms with E-state index in [9.17, 15) is 4.79 Å². The van der Waals surface area contributed by atoms with Crippen LogP contribution in [0.25, 0.3) is 0 Å². The highest BCUT2D eigenvalue weighted by Gasteiger charge is 2.07. The lowest BCUT2D eigenvalue weighted by molar-refractivity contribution is -0.115. The molecule has 0 saturated heterocycles. The average molecular weight is 332 g/mol. The zero-order valence-corrected chi connectivity index (χ0v) is 13.5. The molecule has 0 unspecified atom stereocenters. The first-order valence-corrected chi connectivity index (χ1v) is 7.37. The first-order chi connectivity index (χ1) is 9.45. The third kappa shape index (κ3) is 3.70. The van der Waals surface area contributed by atoms with Crippen molar-refractivity contribution < 1.29 is 4.79 Å². The van der Waals surface area contributed by atoms with E-state index in [4.69, 9.17) is 0 Å². The van der Waals surface area contributed by atoms with E-state index in [1.165, 1.54) is 5.56 Å². The molecule has 20 heavy (non-hydrogen) atoms. The van der Waals surface area contributed by atoms with Gasteiger partial charge >= 0.3 is 0 Å². The Morgan fingerprint density at radius 2 is 1.75 bits per heavy atom. The summed E-state index contributed by atoms with van der Waals surface area (Å²) < 4.78 is 1.09. The van der Waals surface area contributed by atoms with Crippen molar-refractivity contribution in [3.63, 3.8) is 0 Å². The molecule has 2 aromatic carbocycles. The van der Waals surface area contributed by atoms with Crippen LogP contribution in [0.4, 0.5) is 5.69 Å². The highest BCUT2D eigenvalue weighted by Crippen LogP contribution is 2.25. The second-order valence-corrected chi connectivity index (χ2v) is 5.93. The maximum atomic E-state index is 12.1. The molecule has 2 aromatic rings. The summed E-state index contributed by atoms with van der Waals surface area (Å²) in [5.74, 6) is 0.0109. The van der Waals surface area contributed by atoms with Gasteiger partial charge in [0.25, 0.3) is 0 Å². The fourth-order valence-corrected chi connectivity index (χ4v) is 2.46. The molecule has 0 aromatic heterocycles. The van der Waals surface area contributed by atoms with Gasteiger partial charge in [0.05, 0.1) is 6.42 Å². The van der Waals surface area contributed by atoms with Crippen LogP contribution in [-0.4, -0.2) is 5.91 Å². The molecule has 0 spiro atoms. The van der Waals surface area contributed by atoms with Crippen LogP contribution in [0, 0.1) is 20.8 Å². The van der Waals surface area contributed by atoms with Crippen molar-refractivity contribution in [3.05, 3.63) is 63.1 Å². The van der Waals surface area contributed by atoms with Gasteiger partial charge in [-0.25, -0.2) is 0 Å². The van der Waals surface area contributed by atoms with Crippen LogP contribution < -0.4 is 5.32 Å². The second kappa shape index (κ2) is 6.23. The summed E-state index contributed by atoms with van der Waals surface area (Å²) in [5, 5.41) is 2.96. The Kier molecular flexibility index (Phi) is 4.61. The molecule has 1 amide bonds. The molecule has 3 heteroatoms. The van der Waals surface area contributed by atoms with Gasteiger partial charge in [-0.2, -0.15) is 0 Å². The monoisotopic (exact) mass is 331 g/mol. The third-order valence-electron chi connectivity index (χ3n) is 3.17. The lowest BCUT2D eigenvalue weighted by atomic mass is 10.1. The molecule has 0 aliphatic heterocycles. The van der Waals surface area contributed by atoms with Gasteiger partial charge in [0.2, 0.25) is 5.91 Å². The van der Waals surface area contributed by atoms with E-state index in [0.717, 1.165) is 26.9 Å². The van der Waals surface area contributed by atoms with E-state index in [2.05, 4.69) is 21.2 Å². The van der Waals surface area contributed by atoms with E-state index in [1.54, 1.807) is 0 Å². The number of hydrogen-bond donors (Lipinski definition) is 1. The zero-order chi connectivity index (χ0) is 14.7. The topological polar surface area (TPSA) is 29.1 Å². The minimum absolute atomic E-state index is 0.0109. The van der Waals surface area contributed by atoms with Gasteiger partial charge in [0, 0.05) is 10.2 Å². The number of benzene rings is 2. The Bertz CT molecular complexity index is 626. The number of hydrogen-bond acceptors (Lipinski definition) is 1. The van der Waals surface area contributed by atoms with Crippen molar-refractivity contribution in [1.82, 2.24) is 0 Å². The Morgan fingerprint density at radius 1 is 1.10 bits per heavy atom. The van der Waals surface area contributed by atoms with Crippen LogP contribution in [0.15, 0.2) is 40.9 Å². The summed E-state index contributed by atoms with van der Waals surface area (Å²) in [5.41, 5.74) is 5.30. The fourth-order valence-electron chi connectivity index (χ4n) is 2.23. The van der Waals surface area contributed by atoms with Crippen LogP contribution in [0.1, 0.15) is 22.3 Å². The van der Waals surface area contributed by atoms with Crippen molar-refractivity contribution in [2.75, 3.05) is 5.32 Å². The molecule has 0 heterocycles. The highest BCUT2D eigenvalue weighted by molar-refractivity contribution is 9.10. The van der Waals surface area contributed by atoms with Crippen LogP contribution in [0.2, 0.25) is 0 Å². The predicted molar refractivity (Wildman–Crippen MR) is 87.1 cm³/mol. The summed E-state index contributed by atoms with van der Waals surface area (Å²) in [6, 6.07) is 12.0. The second-order valence-electron chi connectivity index (χ2n) is 5.14. The van der Waals surface area contributed by atoms with Gasteiger partial charge < -0.3 is 5.32 Å². The molecular weight excluding hydrogens is 314 g/mol. The highest BCUT2D eigenvalue weighted by atomic mass is 79.9. The number of carbonyl (C=O) groups excluding carboxylic acids is 1. The Morgan fingerprint density at radius 3 is 2.35 bits per heavy atom. The summed E-state index contributed by atoms with van der Waals surface area (Å²) in [4.78, 5) is 12.1. The maximum absolute atomic E-state index is 12.1. The molecule has 1 N–H and O–H groups in total. The zero-order valence-electron chi connectivity index (χ0n) is 12.0. The standard InChI is InChI=1S/C17H18BrNO/c1-11-5-4-6-14(7-11)10-16(20)19-15-8-12(2)17(18)13(3)9-15/h4-9H,10H2,1-3H3,(H,19,20). The smallest absolute Gasteiger partial charge is 0.228 e. The first kappa shape index (κ1) is 14.8. The molecular formula is C17H18BrNO. The van der Waals surface area contributed by atoms with Gasteiger partial charge in [-0.05, 0) is 49.6 Å². The van der Waals surface area contributed by atoms with Crippen molar-refractivity contribution >= 4 is 27.5 Å². The largest absolute Gasteiger partial charge is 0.326 e. The van der Waals surface area contributed by atoms with Crippen molar-refractivity contribution in [2.45, 2.75) is 27.2 Å². The van der Waals surface area contributed by atoms with E-state index in [0.29, 0.717) is 6.42 Å². The Balaban J connectivity index is 2.09. The molecule has 104 valence electrons. The molecule has 2 nitrogen and oxygen atoms in total. The summed E-state index contributed by atoms with van der Waals surface area (Å²) in [6.45, 7) is 6.07. The van der Waals surface area contributed by atoms with Gasteiger partial charge in [-0.1, -0.05) is 45.8 Å². The lowest BCUT2D eigenvalue weighted by Crippen LogP contribution is -2.14. The normalized spacial score (nSPS) is 10.4. The minimum atomic E-state index is 0.0109. The number of nitrogens with one attached hydrogen (secondary N) is 1. The van der Waals surface area contributed by atoms with Crippen molar-refractivity contribution in [1.29, 1.82) is 0 Å². The Labute approximate surface area is 128 Å².